The number of aromatic nitrogens is 2. The average molecular weight is 403 g/mol. The van der Waals surface area contributed by atoms with Gasteiger partial charge in [-0.3, -0.25) is 14.7 Å². The Bertz CT molecular complexity index is 873. The van der Waals surface area contributed by atoms with Gasteiger partial charge in [0.05, 0.1) is 12.3 Å². The molecule has 3 heterocycles. The summed E-state index contributed by atoms with van der Waals surface area (Å²) < 4.78 is 5.86. The number of benzene rings is 1. The second-order valence-electron chi connectivity index (χ2n) is 7.20. The lowest BCUT2D eigenvalue weighted by molar-refractivity contribution is 0.0328. The molecule has 1 aromatic heterocycles. The molecule has 0 saturated carbocycles. The highest BCUT2D eigenvalue weighted by atomic mass is 32.2. The van der Waals surface area contributed by atoms with Crippen molar-refractivity contribution in [3.8, 4) is 5.75 Å². The van der Waals surface area contributed by atoms with Gasteiger partial charge in [-0.25, -0.2) is 4.98 Å². The standard InChI is InChI=1S/C20H26N4O3S/c25-18-6-2-8-24(18)11-14-4-1-5-15(10-14)27-9-3-7-21-20-22-17-13-28-12-16(17)19(26)23-20/h1,4-5,10,18,25H,2-3,6-9,11-13H2,(H2,21,22,23,26). The number of aliphatic hydroxyl groups is 1. The average Bonchev–Trinajstić information content (AvgIpc) is 3.31. The molecule has 2 aliphatic heterocycles. The number of ether oxygens (including phenoxy) is 1. The summed E-state index contributed by atoms with van der Waals surface area (Å²) in [5.41, 5.74) is 2.82. The van der Waals surface area contributed by atoms with Gasteiger partial charge in [0.2, 0.25) is 5.95 Å². The zero-order valence-electron chi connectivity index (χ0n) is 15.8. The number of aromatic amines is 1. The normalized spacial score (nSPS) is 19.0. The first-order chi connectivity index (χ1) is 13.7. The number of fused-ring (bicyclic) bond motifs is 1. The van der Waals surface area contributed by atoms with Crippen LogP contribution in [0, 0.1) is 0 Å². The van der Waals surface area contributed by atoms with E-state index in [4.69, 9.17) is 4.74 Å². The topological polar surface area (TPSA) is 90.5 Å². The SMILES string of the molecule is O=c1[nH]c(NCCCOc2cccc(CN3CCCC3O)c2)nc2c1CSC2. The molecule has 2 aromatic rings. The lowest BCUT2D eigenvalue weighted by Crippen LogP contribution is -2.28. The third-order valence-electron chi connectivity index (χ3n) is 5.08. The van der Waals surface area contributed by atoms with Crippen molar-refractivity contribution in [3.05, 3.63) is 51.4 Å². The molecule has 1 saturated heterocycles. The van der Waals surface area contributed by atoms with E-state index in [-0.39, 0.29) is 11.8 Å². The van der Waals surface area contributed by atoms with Gasteiger partial charge < -0.3 is 15.2 Å². The van der Waals surface area contributed by atoms with Gasteiger partial charge in [-0.1, -0.05) is 12.1 Å². The molecule has 1 fully saturated rings. The molecule has 8 heteroatoms. The smallest absolute Gasteiger partial charge is 0.256 e. The van der Waals surface area contributed by atoms with E-state index < -0.39 is 0 Å². The van der Waals surface area contributed by atoms with Crippen LogP contribution in [0.15, 0.2) is 29.1 Å². The zero-order chi connectivity index (χ0) is 19.3. The van der Waals surface area contributed by atoms with Gasteiger partial charge >= 0.3 is 0 Å². The second kappa shape index (κ2) is 8.98. The van der Waals surface area contributed by atoms with Crippen molar-refractivity contribution in [1.82, 2.24) is 14.9 Å². The molecule has 1 unspecified atom stereocenters. The van der Waals surface area contributed by atoms with Crippen LogP contribution in [-0.4, -0.2) is 45.9 Å². The molecule has 0 aliphatic carbocycles. The predicted molar refractivity (Wildman–Crippen MR) is 111 cm³/mol. The molecule has 0 bridgehead atoms. The quantitative estimate of drug-likeness (QED) is 0.584. The summed E-state index contributed by atoms with van der Waals surface area (Å²) in [4.78, 5) is 21.4. The highest BCUT2D eigenvalue weighted by Gasteiger charge is 2.21. The summed E-state index contributed by atoms with van der Waals surface area (Å²) >= 11 is 1.72. The van der Waals surface area contributed by atoms with Crippen molar-refractivity contribution in [2.75, 3.05) is 25.0 Å². The van der Waals surface area contributed by atoms with Gasteiger partial charge in [-0.15, -0.1) is 0 Å². The van der Waals surface area contributed by atoms with Crippen molar-refractivity contribution in [2.45, 2.75) is 43.5 Å². The maximum Gasteiger partial charge on any atom is 0.256 e. The Labute approximate surface area is 168 Å². The first-order valence-electron chi connectivity index (χ1n) is 9.76. The van der Waals surface area contributed by atoms with Crippen LogP contribution in [0.4, 0.5) is 5.95 Å². The first-order valence-corrected chi connectivity index (χ1v) is 10.9. The molecule has 150 valence electrons. The first kappa shape index (κ1) is 19.3. The molecule has 0 spiro atoms. The van der Waals surface area contributed by atoms with Gasteiger partial charge in [0.15, 0.2) is 0 Å². The summed E-state index contributed by atoms with van der Waals surface area (Å²) in [5, 5.41) is 13.1. The maximum atomic E-state index is 12.0. The van der Waals surface area contributed by atoms with Crippen molar-refractivity contribution < 1.29 is 9.84 Å². The van der Waals surface area contributed by atoms with Crippen LogP contribution in [0.1, 0.15) is 36.1 Å². The third kappa shape index (κ3) is 4.68. The zero-order valence-corrected chi connectivity index (χ0v) is 16.6. The van der Waals surface area contributed by atoms with Crippen LogP contribution in [0.25, 0.3) is 0 Å². The number of nitrogens with zero attached hydrogens (tertiary/aromatic N) is 2. The van der Waals surface area contributed by atoms with E-state index in [1.54, 1.807) is 11.8 Å². The molecule has 2 aliphatic rings. The number of hydrogen-bond donors (Lipinski definition) is 3. The monoisotopic (exact) mass is 402 g/mol. The second-order valence-corrected chi connectivity index (χ2v) is 8.19. The molecular formula is C20H26N4O3S. The fraction of sp³-hybridized carbons (Fsp3) is 0.500. The fourth-order valence-corrected chi connectivity index (χ4v) is 4.61. The van der Waals surface area contributed by atoms with E-state index in [0.29, 0.717) is 19.1 Å². The number of aliphatic hydroxyl groups excluding tert-OH is 1. The minimum atomic E-state index is -0.325. The highest BCUT2D eigenvalue weighted by Crippen LogP contribution is 2.25. The highest BCUT2D eigenvalue weighted by molar-refractivity contribution is 7.98. The van der Waals surface area contributed by atoms with E-state index in [1.807, 2.05) is 18.2 Å². The number of anilines is 1. The van der Waals surface area contributed by atoms with E-state index in [2.05, 4.69) is 26.3 Å². The molecule has 7 nitrogen and oxygen atoms in total. The number of likely N-dealkylation sites (tertiary alicyclic amines) is 1. The van der Waals surface area contributed by atoms with E-state index >= 15 is 0 Å². The molecule has 4 rings (SSSR count). The van der Waals surface area contributed by atoms with E-state index in [1.165, 1.54) is 0 Å². The number of thioether (sulfide) groups is 1. The van der Waals surface area contributed by atoms with Crippen molar-refractivity contribution in [2.24, 2.45) is 0 Å². The number of rotatable bonds is 8. The molecule has 1 aromatic carbocycles. The van der Waals surface area contributed by atoms with Crippen molar-refractivity contribution in [1.29, 1.82) is 0 Å². The van der Waals surface area contributed by atoms with Gasteiger partial charge in [-0.05, 0) is 37.0 Å². The summed E-state index contributed by atoms with van der Waals surface area (Å²) in [6.45, 7) is 2.94. The fourth-order valence-electron chi connectivity index (χ4n) is 3.58. The summed E-state index contributed by atoms with van der Waals surface area (Å²) in [6, 6.07) is 8.04. The van der Waals surface area contributed by atoms with Gasteiger partial charge in [0.1, 0.15) is 12.0 Å². The Hall–Kier alpha value is -2.03. The van der Waals surface area contributed by atoms with Gasteiger partial charge in [-0.2, -0.15) is 11.8 Å². The molecule has 0 radical (unpaired) electrons. The van der Waals surface area contributed by atoms with Crippen LogP contribution < -0.4 is 15.6 Å². The van der Waals surface area contributed by atoms with Gasteiger partial charge in [0, 0.05) is 36.7 Å². The number of nitrogens with one attached hydrogen (secondary N) is 2. The summed E-state index contributed by atoms with van der Waals surface area (Å²) in [5.74, 6) is 2.94. The largest absolute Gasteiger partial charge is 0.494 e. The lowest BCUT2D eigenvalue weighted by atomic mass is 10.2. The molecular weight excluding hydrogens is 376 g/mol. The Kier molecular flexibility index (Phi) is 6.19. The van der Waals surface area contributed by atoms with Crippen LogP contribution in [0.3, 0.4) is 0 Å². The van der Waals surface area contributed by atoms with E-state index in [0.717, 1.165) is 66.4 Å². The van der Waals surface area contributed by atoms with Crippen molar-refractivity contribution >= 4 is 17.7 Å². The van der Waals surface area contributed by atoms with Crippen molar-refractivity contribution in [3.63, 3.8) is 0 Å². The Morgan fingerprint density at radius 3 is 3.18 bits per heavy atom. The van der Waals surface area contributed by atoms with Crippen LogP contribution in [0.2, 0.25) is 0 Å². The number of H-pyrrole nitrogens is 1. The third-order valence-corrected chi connectivity index (χ3v) is 6.05. The number of hydrogen-bond acceptors (Lipinski definition) is 7. The van der Waals surface area contributed by atoms with Crippen LogP contribution in [0.5, 0.6) is 5.75 Å². The summed E-state index contributed by atoms with van der Waals surface area (Å²) in [7, 11) is 0. The lowest BCUT2D eigenvalue weighted by Gasteiger charge is -2.20. The molecule has 0 amide bonds. The minimum absolute atomic E-state index is 0.0336. The Morgan fingerprint density at radius 1 is 1.39 bits per heavy atom. The maximum absolute atomic E-state index is 12.0. The minimum Gasteiger partial charge on any atom is -0.494 e. The Morgan fingerprint density at radius 2 is 2.32 bits per heavy atom. The molecule has 28 heavy (non-hydrogen) atoms. The molecule has 1 atom stereocenters. The molecule has 3 N–H and O–H groups in total. The van der Waals surface area contributed by atoms with Gasteiger partial charge in [0.25, 0.3) is 5.56 Å². The van der Waals surface area contributed by atoms with Crippen LogP contribution in [-0.2, 0) is 18.1 Å². The Balaban J connectivity index is 1.22. The summed E-state index contributed by atoms with van der Waals surface area (Å²) in [6.07, 6.45) is 2.37. The van der Waals surface area contributed by atoms with E-state index in [9.17, 15) is 9.90 Å². The van der Waals surface area contributed by atoms with Crippen LogP contribution >= 0.6 is 11.8 Å². The predicted octanol–water partition coefficient (Wildman–Crippen LogP) is 2.31.